The van der Waals surface area contributed by atoms with Crippen LogP contribution in [0.3, 0.4) is 0 Å². The lowest BCUT2D eigenvalue weighted by molar-refractivity contribution is 0.0786. The lowest BCUT2D eigenvalue weighted by atomic mass is 9.92. The molecule has 2 aromatic rings. The maximum atomic E-state index is 10.1. The van der Waals surface area contributed by atoms with E-state index in [4.69, 9.17) is 0 Å². The van der Waals surface area contributed by atoms with Gasteiger partial charge in [-0.2, -0.15) is 0 Å². The summed E-state index contributed by atoms with van der Waals surface area (Å²) in [6.07, 6.45) is 4.48. The van der Waals surface area contributed by atoms with Crippen molar-refractivity contribution < 1.29 is 5.11 Å². The van der Waals surface area contributed by atoms with Crippen LogP contribution >= 0.6 is 0 Å². The number of hydrogen-bond donors (Lipinski definition) is 1. The Kier molecular flexibility index (Phi) is 1.93. The second kappa shape index (κ2) is 3.11. The summed E-state index contributed by atoms with van der Waals surface area (Å²) in [5.74, 6) is 0. The highest BCUT2D eigenvalue weighted by atomic mass is 16.3. The van der Waals surface area contributed by atoms with Crippen molar-refractivity contribution in [2.75, 3.05) is 0 Å². The fourth-order valence-electron chi connectivity index (χ4n) is 2.61. The molecule has 0 unspecified atom stereocenters. The Labute approximate surface area is 95.5 Å². The molecule has 0 aliphatic carbocycles. The zero-order chi connectivity index (χ0) is 11.3. The minimum atomic E-state index is -0.746. The summed E-state index contributed by atoms with van der Waals surface area (Å²) >= 11 is 0. The molecule has 3 rings (SSSR count). The molecular formula is C14H17NO. The third-order valence-corrected chi connectivity index (χ3v) is 3.49. The fourth-order valence-corrected chi connectivity index (χ4v) is 2.61. The molecule has 0 fully saturated rings. The zero-order valence-electron chi connectivity index (χ0n) is 9.83. The largest absolute Gasteiger partial charge is 0.386 e. The molecule has 1 aliphatic heterocycles. The van der Waals surface area contributed by atoms with E-state index >= 15 is 0 Å². The van der Waals surface area contributed by atoms with Gasteiger partial charge in [-0.1, -0.05) is 6.07 Å². The molecule has 1 aromatic carbocycles. The number of aryl methyl sites for hydroxylation is 2. The van der Waals surface area contributed by atoms with Crippen molar-refractivity contribution in [1.29, 1.82) is 0 Å². The van der Waals surface area contributed by atoms with Gasteiger partial charge in [0.05, 0.1) is 11.1 Å². The molecule has 0 bridgehead atoms. The first-order chi connectivity index (χ1) is 7.55. The average molecular weight is 215 g/mol. The van der Waals surface area contributed by atoms with Crippen LogP contribution in [0.25, 0.3) is 10.9 Å². The monoisotopic (exact) mass is 215 g/mol. The highest BCUT2D eigenvalue weighted by Crippen LogP contribution is 2.31. The molecule has 0 saturated heterocycles. The van der Waals surface area contributed by atoms with Crippen LogP contribution < -0.4 is 0 Å². The van der Waals surface area contributed by atoms with Crippen LogP contribution in [0.5, 0.6) is 0 Å². The molecule has 0 spiro atoms. The summed E-state index contributed by atoms with van der Waals surface area (Å²) in [5, 5.41) is 11.3. The maximum Gasteiger partial charge on any atom is 0.0840 e. The van der Waals surface area contributed by atoms with Gasteiger partial charge in [-0.25, -0.2) is 0 Å². The molecule has 2 heteroatoms. The van der Waals surface area contributed by atoms with Crippen molar-refractivity contribution in [3.63, 3.8) is 0 Å². The molecule has 16 heavy (non-hydrogen) atoms. The second-order valence-electron chi connectivity index (χ2n) is 5.24. The topological polar surface area (TPSA) is 25.2 Å². The van der Waals surface area contributed by atoms with Crippen molar-refractivity contribution in [1.82, 2.24) is 4.57 Å². The molecule has 0 amide bonds. The van der Waals surface area contributed by atoms with E-state index in [9.17, 15) is 5.11 Å². The molecule has 0 radical (unpaired) electrons. The van der Waals surface area contributed by atoms with Crippen LogP contribution in [0.15, 0.2) is 24.4 Å². The minimum Gasteiger partial charge on any atom is -0.386 e. The maximum absolute atomic E-state index is 10.1. The average Bonchev–Trinajstić information content (AvgIpc) is 2.62. The fraction of sp³-hybridized carbons (Fsp3) is 0.429. The molecule has 84 valence electrons. The van der Waals surface area contributed by atoms with E-state index in [1.165, 1.54) is 22.9 Å². The van der Waals surface area contributed by atoms with Gasteiger partial charge in [0.2, 0.25) is 0 Å². The van der Waals surface area contributed by atoms with Gasteiger partial charge in [-0.05, 0) is 49.9 Å². The molecule has 0 saturated carbocycles. The Bertz CT molecular complexity index is 546. The van der Waals surface area contributed by atoms with Crippen molar-refractivity contribution in [2.24, 2.45) is 0 Å². The first-order valence-electron chi connectivity index (χ1n) is 5.90. The zero-order valence-corrected chi connectivity index (χ0v) is 9.83. The molecule has 2 nitrogen and oxygen atoms in total. The van der Waals surface area contributed by atoms with Gasteiger partial charge in [-0.15, -0.1) is 0 Å². The number of benzene rings is 1. The van der Waals surface area contributed by atoms with E-state index in [2.05, 4.69) is 29.0 Å². The van der Waals surface area contributed by atoms with Gasteiger partial charge < -0.3 is 9.67 Å². The Morgan fingerprint density at radius 2 is 2.12 bits per heavy atom. The Morgan fingerprint density at radius 1 is 1.31 bits per heavy atom. The number of hydrogen-bond acceptors (Lipinski definition) is 1. The number of nitrogens with zero attached hydrogens (tertiary/aromatic N) is 1. The standard InChI is InChI=1S/C14H17NO/c1-14(2,16)12-8-10-4-3-6-15-7-5-11(9-12)13(10)15/h5,7-9,16H,3-4,6H2,1-2H3. The van der Waals surface area contributed by atoms with Gasteiger partial charge in [0.15, 0.2) is 0 Å². The molecule has 1 aromatic heterocycles. The lowest BCUT2D eigenvalue weighted by Gasteiger charge is -2.22. The number of rotatable bonds is 1. The Morgan fingerprint density at radius 3 is 2.88 bits per heavy atom. The molecule has 1 N–H and O–H groups in total. The minimum absolute atomic E-state index is 0.746. The summed E-state index contributed by atoms with van der Waals surface area (Å²) in [6.45, 7) is 4.82. The van der Waals surface area contributed by atoms with Crippen LogP contribution in [-0.2, 0) is 18.6 Å². The van der Waals surface area contributed by atoms with Gasteiger partial charge in [0.1, 0.15) is 0 Å². The Hall–Kier alpha value is -1.28. The summed E-state index contributed by atoms with van der Waals surface area (Å²) in [5.41, 5.74) is 3.02. The van der Waals surface area contributed by atoms with E-state index < -0.39 is 5.60 Å². The summed E-state index contributed by atoms with van der Waals surface area (Å²) in [4.78, 5) is 0. The van der Waals surface area contributed by atoms with E-state index in [0.717, 1.165) is 18.5 Å². The van der Waals surface area contributed by atoms with Crippen LogP contribution in [0.1, 0.15) is 31.4 Å². The van der Waals surface area contributed by atoms with Crippen LogP contribution in [0.4, 0.5) is 0 Å². The van der Waals surface area contributed by atoms with Crippen molar-refractivity contribution in [3.8, 4) is 0 Å². The molecule has 1 aliphatic rings. The highest BCUT2D eigenvalue weighted by Gasteiger charge is 2.20. The number of aromatic nitrogens is 1. The lowest BCUT2D eigenvalue weighted by Crippen LogP contribution is -2.16. The van der Waals surface area contributed by atoms with Gasteiger partial charge in [-0.3, -0.25) is 0 Å². The highest BCUT2D eigenvalue weighted by molar-refractivity contribution is 5.85. The van der Waals surface area contributed by atoms with Crippen molar-refractivity contribution in [2.45, 2.75) is 38.8 Å². The third-order valence-electron chi connectivity index (χ3n) is 3.49. The van der Waals surface area contributed by atoms with Gasteiger partial charge in [0, 0.05) is 18.1 Å². The predicted octanol–water partition coefficient (Wildman–Crippen LogP) is 2.81. The van der Waals surface area contributed by atoms with Crippen LogP contribution in [-0.4, -0.2) is 9.67 Å². The molecule has 2 heterocycles. The second-order valence-corrected chi connectivity index (χ2v) is 5.24. The number of aliphatic hydroxyl groups is 1. The summed E-state index contributed by atoms with van der Waals surface area (Å²) < 4.78 is 2.32. The van der Waals surface area contributed by atoms with Crippen molar-refractivity contribution in [3.05, 3.63) is 35.5 Å². The van der Waals surface area contributed by atoms with Gasteiger partial charge >= 0.3 is 0 Å². The van der Waals surface area contributed by atoms with E-state index in [-0.39, 0.29) is 0 Å². The van der Waals surface area contributed by atoms with Crippen LogP contribution in [0, 0.1) is 0 Å². The molecular weight excluding hydrogens is 198 g/mol. The Balaban J connectivity index is 2.31. The summed E-state index contributed by atoms with van der Waals surface area (Å²) in [6, 6.07) is 6.43. The van der Waals surface area contributed by atoms with Crippen molar-refractivity contribution >= 4 is 10.9 Å². The van der Waals surface area contributed by atoms with Gasteiger partial charge in [0.25, 0.3) is 0 Å². The van der Waals surface area contributed by atoms with E-state index in [0.29, 0.717) is 0 Å². The molecule has 0 atom stereocenters. The smallest absolute Gasteiger partial charge is 0.0840 e. The predicted molar refractivity (Wildman–Crippen MR) is 65.5 cm³/mol. The quantitative estimate of drug-likeness (QED) is 0.777. The third kappa shape index (κ3) is 1.37. The SMILES string of the molecule is CC(C)(O)c1cc2c3c(ccn3CCC2)c1. The summed E-state index contributed by atoms with van der Waals surface area (Å²) in [7, 11) is 0. The van der Waals surface area contributed by atoms with Crippen LogP contribution in [0.2, 0.25) is 0 Å². The normalized spacial score (nSPS) is 15.7. The first-order valence-corrected chi connectivity index (χ1v) is 5.90. The van der Waals surface area contributed by atoms with E-state index in [1.54, 1.807) is 0 Å². The first kappa shape index (κ1) is 9.91. The van der Waals surface area contributed by atoms with E-state index in [1.807, 2.05) is 13.8 Å².